The topological polar surface area (TPSA) is 24.5 Å². The molecule has 1 aliphatic rings. The number of benzene rings is 2. The molecule has 1 heterocycles. The van der Waals surface area contributed by atoms with Crippen molar-refractivity contribution in [2.75, 3.05) is 38.6 Å². The van der Waals surface area contributed by atoms with Gasteiger partial charge in [0.2, 0.25) is 0 Å². The van der Waals surface area contributed by atoms with Gasteiger partial charge in [-0.05, 0) is 87.1 Å². The quantitative estimate of drug-likeness (QED) is 0.623. The molecule has 2 aromatic carbocycles. The lowest BCUT2D eigenvalue weighted by Crippen LogP contribution is -2.35. The Kier molecular flexibility index (Phi) is 7.36. The average molecular weight is 391 g/mol. The lowest BCUT2D eigenvalue weighted by molar-refractivity contribution is 0.183. The van der Waals surface area contributed by atoms with Crippen molar-refractivity contribution in [1.82, 2.24) is 4.90 Å². The van der Waals surface area contributed by atoms with Crippen LogP contribution in [0.3, 0.4) is 0 Å². The van der Waals surface area contributed by atoms with Gasteiger partial charge in [-0.3, -0.25) is 0 Å². The summed E-state index contributed by atoms with van der Waals surface area (Å²) in [5.74, 6) is 1.26. The molecule has 1 fully saturated rings. The van der Waals surface area contributed by atoms with Crippen LogP contribution in [-0.2, 0) is 6.42 Å². The maximum Gasteiger partial charge on any atom is 0.137 e. The zero-order valence-corrected chi connectivity index (χ0v) is 16.6. The van der Waals surface area contributed by atoms with E-state index >= 15 is 0 Å². The fourth-order valence-corrected chi connectivity index (χ4v) is 3.94. The van der Waals surface area contributed by atoms with E-state index in [1.54, 1.807) is 19.2 Å². The van der Waals surface area contributed by atoms with Crippen LogP contribution in [0.1, 0.15) is 24.8 Å². The molecule has 1 saturated heterocycles. The van der Waals surface area contributed by atoms with Crippen LogP contribution in [0.2, 0.25) is 5.02 Å². The van der Waals surface area contributed by atoms with Crippen molar-refractivity contribution in [3.05, 3.63) is 58.9 Å². The Bertz CT molecular complexity index is 715. The van der Waals surface area contributed by atoms with Crippen molar-refractivity contribution in [3.63, 3.8) is 0 Å². The first-order chi connectivity index (χ1) is 13.1. The van der Waals surface area contributed by atoms with Gasteiger partial charge in [0.15, 0.2) is 0 Å². The minimum Gasteiger partial charge on any atom is -0.495 e. The summed E-state index contributed by atoms with van der Waals surface area (Å²) in [6, 6.07) is 12.7. The molecule has 3 nitrogen and oxygen atoms in total. The van der Waals surface area contributed by atoms with Crippen LogP contribution < -0.4 is 10.1 Å². The van der Waals surface area contributed by atoms with E-state index in [1.165, 1.54) is 18.4 Å². The number of nitrogens with zero attached hydrogens (tertiary/aromatic N) is 1. The number of rotatable bonds is 8. The van der Waals surface area contributed by atoms with Gasteiger partial charge in [0, 0.05) is 12.2 Å². The number of nitrogens with one attached hydrogen (secondary N) is 1. The number of piperidine rings is 1. The lowest BCUT2D eigenvalue weighted by Gasteiger charge is -2.32. The Labute approximate surface area is 166 Å². The predicted octanol–water partition coefficient (Wildman–Crippen LogP) is 5.24. The SMILES string of the molecule is COc1ccc(NCCCN2CCC(Cc3ccc(F)cc3)CC2)cc1Cl. The Morgan fingerprint density at radius 2 is 1.89 bits per heavy atom. The number of hydrogen-bond donors (Lipinski definition) is 1. The first kappa shape index (κ1) is 20.0. The molecule has 0 aliphatic carbocycles. The molecular formula is C22H28ClFN2O. The summed E-state index contributed by atoms with van der Waals surface area (Å²) in [6.07, 6.45) is 4.61. The highest BCUT2D eigenvalue weighted by Crippen LogP contribution is 2.27. The minimum absolute atomic E-state index is 0.154. The smallest absolute Gasteiger partial charge is 0.137 e. The third-order valence-corrected chi connectivity index (χ3v) is 5.57. The normalized spacial score (nSPS) is 15.7. The van der Waals surface area contributed by atoms with Crippen molar-refractivity contribution in [1.29, 1.82) is 0 Å². The van der Waals surface area contributed by atoms with Crippen molar-refractivity contribution in [3.8, 4) is 5.75 Å². The highest BCUT2D eigenvalue weighted by atomic mass is 35.5. The van der Waals surface area contributed by atoms with E-state index in [0.717, 1.165) is 44.7 Å². The van der Waals surface area contributed by atoms with Gasteiger partial charge in [-0.1, -0.05) is 23.7 Å². The molecule has 0 amide bonds. The van der Waals surface area contributed by atoms with Crippen LogP contribution in [0.15, 0.2) is 42.5 Å². The number of likely N-dealkylation sites (tertiary alicyclic amines) is 1. The van der Waals surface area contributed by atoms with Crippen molar-refractivity contribution < 1.29 is 9.13 Å². The van der Waals surface area contributed by atoms with Crippen molar-refractivity contribution in [2.24, 2.45) is 5.92 Å². The van der Waals surface area contributed by atoms with E-state index < -0.39 is 0 Å². The fraction of sp³-hybridized carbons (Fsp3) is 0.455. The highest BCUT2D eigenvalue weighted by molar-refractivity contribution is 6.32. The van der Waals surface area contributed by atoms with Gasteiger partial charge in [0.25, 0.3) is 0 Å². The Balaban J connectivity index is 1.32. The molecule has 0 saturated carbocycles. The van der Waals surface area contributed by atoms with Crippen LogP contribution in [0, 0.1) is 11.7 Å². The van der Waals surface area contributed by atoms with Gasteiger partial charge in [-0.15, -0.1) is 0 Å². The van der Waals surface area contributed by atoms with E-state index in [9.17, 15) is 4.39 Å². The maximum absolute atomic E-state index is 13.0. The van der Waals surface area contributed by atoms with E-state index in [0.29, 0.717) is 16.7 Å². The molecule has 0 atom stereocenters. The molecule has 5 heteroatoms. The van der Waals surface area contributed by atoms with Gasteiger partial charge in [-0.25, -0.2) is 4.39 Å². The summed E-state index contributed by atoms with van der Waals surface area (Å²) < 4.78 is 18.2. The fourth-order valence-electron chi connectivity index (χ4n) is 3.68. The maximum atomic E-state index is 13.0. The van der Waals surface area contributed by atoms with E-state index in [2.05, 4.69) is 10.2 Å². The second kappa shape index (κ2) is 9.95. The van der Waals surface area contributed by atoms with Gasteiger partial charge < -0.3 is 15.0 Å². The molecule has 27 heavy (non-hydrogen) atoms. The lowest BCUT2D eigenvalue weighted by atomic mass is 9.90. The Morgan fingerprint density at radius 1 is 1.15 bits per heavy atom. The standard InChI is InChI=1S/C22H28ClFN2O/c1-27-22-8-7-20(16-21(22)23)25-11-2-12-26-13-9-18(10-14-26)15-17-3-5-19(24)6-4-17/h3-8,16,18,25H,2,9-15H2,1H3. The van der Waals surface area contributed by atoms with E-state index in [1.807, 2.05) is 30.3 Å². The Morgan fingerprint density at radius 3 is 2.56 bits per heavy atom. The predicted molar refractivity (Wildman–Crippen MR) is 110 cm³/mol. The molecule has 3 rings (SSSR count). The molecule has 1 N–H and O–H groups in total. The zero-order chi connectivity index (χ0) is 19.1. The molecule has 0 radical (unpaired) electrons. The van der Waals surface area contributed by atoms with Crippen molar-refractivity contribution >= 4 is 17.3 Å². The van der Waals surface area contributed by atoms with Gasteiger partial charge in [0.05, 0.1) is 12.1 Å². The molecular weight excluding hydrogens is 363 g/mol. The average Bonchev–Trinajstić information content (AvgIpc) is 2.68. The Hall–Kier alpha value is -1.78. The van der Waals surface area contributed by atoms with Crippen LogP contribution in [0.4, 0.5) is 10.1 Å². The second-order valence-electron chi connectivity index (χ2n) is 7.25. The zero-order valence-electron chi connectivity index (χ0n) is 15.9. The molecule has 0 aromatic heterocycles. The highest BCUT2D eigenvalue weighted by Gasteiger charge is 2.19. The number of anilines is 1. The third kappa shape index (κ3) is 6.12. The summed E-state index contributed by atoms with van der Waals surface area (Å²) in [5.41, 5.74) is 2.27. The van der Waals surface area contributed by atoms with Crippen LogP contribution in [0.5, 0.6) is 5.75 Å². The molecule has 1 aliphatic heterocycles. The molecule has 0 bridgehead atoms. The number of methoxy groups -OCH3 is 1. The van der Waals surface area contributed by atoms with E-state index in [4.69, 9.17) is 16.3 Å². The van der Waals surface area contributed by atoms with Crippen LogP contribution in [-0.4, -0.2) is 38.2 Å². The monoisotopic (exact) mass is 390 g/mol. The molecule has 0 spiro atoms. The largest absolute Gasteiger partial charge is 0.495 e. The van der Waals surface area contributed by atoms with Crippen LogP contribution >= 0.6 is 11.6 Å². The summed E-state index contributed by atoms with van der Waals surface area (Å²) in [5, 5.41) is 4.06. The number of halogens is 2. The molecule has 2 aromatic rings. The third-order valence-electron chi connectivity index (χ3n) is 5.28. The number of hydrogen-bond acceptors (Lipinski definition) is 3. The van der Waals surface area contributed by atoms with Gasteiger partial charge in [0.1, 0.15) is 11.6 Å². The molecule has 146 valence electrons. The van der Waals surface area contributed by atoms with Gasteiger partial charge in [-0.2, -0.15) is 0 Å². The van der Waals surface area contributed by atoms with Crippen LogP contribution in [0.25, 0.3) is 0 Å². The first-order valence-electron chi connectivity index (χ1n) is 9.68. The van der Waals surface area contributed by atoms with Gasteiger partial charge >= 0.3 is 0 Å². The molecule has 0 unspecified atom stereocenters. The summed E-state index contributed by atoms with van der Waals surface area (Å²) in [6.45, 7) is 4.35. The summed E-state index contributed by atoms with van der Waals surface area (Å²) in [4.78, 5) is 2.55. The first-order valence-corrected chi connectivity index (χ1v) is 10.1. The minimum atomic E-state index is -0.154. The summed E-state index contributed by atoms with van der Waals surface area (Å²) >= 11 is 6.15. The summed E-state index contributed by atoms with van der Waals surface area (Å²) in [7, 11) is 1.62. The second-order valence-corrected chi connectivity index (χ2v) is 7.65. The van der Waals surface area contributed by atoms with Crippen molar-refractivity contribution in [2.45, 2.75) is 25.7 Å². The number of ether oxygens (including phenoxy) is 1. The van der Waals surface area contributed by atoms with E-state index in [-0.39, 0.29) is 5.82 Å².